The molecule has 0 aliphatic heterocycles. The largest absolute Gasteiger partial charge is 0.377 e. The Morgan fingerprint density at radius 2 is 2.16 bits per heavy atom. The van der Waals surface area contributed by atoms with Crippen molar-refractivity contribution in [3.63, 3.8) is 0 Å². The van der Waals surface area contributed by atoms with Crippen molar-refractivity contribution in [2.24, 2.45) is 0 Å². The summed E-state index contributed by atoms with van der Waals surface area (Å²) in [4.78, 5) is 18.9. The van der Waals surface area contributed by atoms with Gasteiger partial charge in [0.1, 0.15) is 5.82 Å². The van der Waals surface area contributed by atoms with Crippen LogP contribution in [-0.2, 0) is 16.0 Å². The Morgan fingerprint density at radius 3 is 2.79 bits per heavy atom. The van der Waals surface area contributed by atoms with Gasteiger partial charge in [-0.3, -0.25) is 4.79 Å². The third-order valence-corrected chi connectivity index (χ3v) is 4.46. The highest BCUT2D eigenvalue weighted by molar-refractivity contribution is 6.16. The topological polar surface area (TPSA) is 55.0 Å². The number of nitrogens with zero attached hydrogens (tertiary/aromatic N) is 1. The number of ether oxygens (including phenoxy) is 1. The van der Waals surface area contributed by atoms with Crippen molar-refractivity contribution in [3.05, 3.63) is 27.9 Å². The van der Waals surface area contributed by atoms with Crippen molar-refractivity contribution in [1.82, 2.24) is 9.97 Å². The molecule has 2 fully saturated rings. The lowest BCUT2D eigenvalue weighted by Crippen LogP contribution is -2.25. The third-order valence-electron chi connectivity index (χ3n) is 4.19. The van der Waals surface area contributed by atoms with Crippen LogP contribution in [0.15, 0.2) is 10.9 Å². The Kier molecular flexibility index (Phi) is 3.63. The number of nitrogens with one attached hydrogen (secondary N) is 1. The van der Waals surface area contributed by atoms with Crippen LogP contribution in [0.25, 0.3) is 0 Å². The lowest BCUT2D eigenvalue weighted by Gasteiger charge is -2.18. The van der Waals surface area contributed by atoms with Gasteiger partial charge >= 0.3 is 0 Å². The predicted molar refractivity (Wildman–Crippen MR) is 73.5 cm³/mol. The van der Waals surface area contributed by atoms with Crippen molar-refractivity contribution in [2.45, 2.75) is 55.9 Å². The van der Waals surface area contributed by atoms with Crippen LogP contribution in [0.3, 0.4) is 0 Å². The van der Waals surface area contributed by atoms with E-state index in [0.717, 1.165) is 18.7 Å². The molecule has 0 bridgehead atoms. The van der Waals surface area contributed by atoms with Crippen LogP contribution in [0.1, 0.15) is 50.0 Å². The van der Waals surface area contributed by atoms with Gasteiger partial charge in [-0.1, -0.05) is 12.8 Å². The summed E-state index contributed by atoms with van der Waals surface area (Å²) in [6.07, 6.45) is 7.36. The number of hydrogen-bond acceptors (Lipinski definition) is 3. The quantitative estimate of drug-likeness (QED) is 0.844. The van der Waals surface area contributed by atoms with Crippen molar-refractivity contribution in [1.29, 1.82) is 0 Å². The molecule has 3 rings (SSSR count). The molecule has 0 radical (unpaired) electrons. The number of rotatable bonds is 5. The monoisotopic (exact) mass is 282 g/mol. The maximum absolute atomic E-state index is 11.6. The second-order valence-corrected chi connectivity index (χ2v) is 5.98. The molecule has 5 heteroatoms. The summed E-state index contributed by atoms with van der Waals surface area (Å²) < 4.78 is 6.00. The number of H-pyrrole nitrogens is 1. The number of alkyl halides is 1. The summed E-state index contributed by atoms with van der Waals surface area (Å²) in [6, 6.07) is 1.46. The molecule has 1 aromatic rings. The first kappa shape index (κ1) is 13.1. The minimum Gasteiger partial charge on any atom is -0.377 e. The average Bonchev–Trinajstić information content (AvgIpc) is 3.03. The number of halogens is 1. The van der Waals surface area contributed by atoms with E-state index in [-0.39, 0.29) is 16.9 Å². The molecule has 19 heavy (non-hydrogen) atoms. The van der Waals surface area contributed by atoms with Gasteiger partial charge in [-0.2, -0.15) is 0 Å². The van der Waals surface area contributed by atoms with E-state index in [9.17, 15) is 4.79 Å². The maximum Gasteiger partial charge on any atom is 0.251 e. The Balaban J connectivity index is 1.72. The third kappa shape index (κ3) is 2.84. The van der Waals surface area contributed by atoms with E-state index in [1.807, 2.05) is 0 Å². The molecule has 0 spiro atoms. The molecule has 2 saturated carbocycles. The van der Waals surface area contributed by atoms with Gasteiger partial charge in [0, 0.05) is 6.07 Å². The number of aromatic nitrogens is 2. The summed E-state index contributed by atoms with van der Waals surface area (Å²) in [5, 5.41) is 0. The first-order valence-electron chi connectivity index (χ1n) is 7.00. The highest BCUT2D eigenvalue weighted by Gasteiger charge is 2.47. The zero-order chi connectivity index (χ0) is 13.3. The highest BCUT2D eigenvalue weighted by Crippen LogP contribution is 2.47. The zero-order valence-electron chi connectivity index (χ0n) is 11.0. The molecule has 2 aliphatic rings. The van der Waals surface area contributed by atoms with Gasteiger partial charge in [0.25, 0.3) is 5.56 Å². The lowest BCUT2D eigenvalue weighted by atomic mass is 10.1. The van der Waals surface area contributed by atoms with Gasteiger partial charge in [-0.05, 0) is 25.7 Å². The maximum atomic E-state index is 11.6. The molecular weight excluding hydrogens is 264 g/mol. The molecule has 0 unspecified atom stereocenters. The average molecular weight is 283 g/mol. The van der Waals surface area contributed by atoms with Crippen LogP contribution in [0.2, 0.25) is 0 Å². The second kappa shape index (κ2) is 5.25. The molecule has 0 amide bonds. The van der Waals surface area contributed by atoms with Gasteiger partial charge in [0.15, 0.2) is 0 Å². The molecule has 2 aliphatic carbocycles. The molecule has 104 valence electrons. The summed E-state index contributed by atoms with van der Waals surface area (Å²) in [7, 11) is 0. The first-order chi connectivity index (χ1) is 9.22. The fraction of sp³-hybridized carbons (Fsp3) is 0.714. The first-order valence-corrected chi connectivity index (χ1v) is 7.54. The molecular formula is C14H19ClN2O2. The van der Waals surface area contributed by atoms with Crippen molar-refractivity contribution in [2.75, 3.05) is 6.61 Å². The summed E-state index contributed by atoms with van der Waals surface area (Å²) in [5.41, 5.74) is 0.462. The Morgan fingerprint density at radius 1 is 1.42 bits per heavy atom. The SMILES string of the molecule is O=c1cc(CCl)nc(C2(COC3CCCC3)CC2)[nH]1. The Labute approximate surface area is 117 Å². The van der Waals surface area contributed by atoms with Gasteiger partial charge < -0.3 is 9.72 Å². The van der Waals surface area contributed by atoms with Crippen molar-refractivity contribution >= 4 is 11.6 Å². The van der Waals surface area contributed by atoms with Crippen LogP contribution >= 0.6 is 11.6 Å². The summed E-state index contributed by atoms with van der Waals surface area (Å²) >= 11 is 5.78. The predicted octanol–water partition coefficient (Wildman–Crippen LogP) is 2.50. The highest BCUT2D eigenvalue weighted by atomic mass is 35.5. The number of aromatic amines is 1. The minimum absolute atomic E-state index is 0.0657. The molecule has 0 aromatic carbocycles. The standard InChI is InChI=1S/C14H19ClN2O2/c15-8-10-7-12(18)17-13(16-10)14(5-6-14)9-19-11-3-1-2-4-11/h7,11H,1-6,8-9H2,(H,16,17,18). The fourth-order valence-electron chi connectivity index (χ4n) is 2.76. The van der Waals surface area contributed by atoms with E-state index < -0.39 is 0 Å². The van der Waals surface area contributed by atoms with E-state index in [0.29, 0.717) is 18.4 Å². The molecule has 0 saturated heterocycles. The van der Waals surface area contributed by atoms with Gasteiger partial charge in [0.2, 0.25) is 0 Å². The summed E-state index contributed by atoms with van der Waals surface area (Å²) in [6.45, 7) is 0.673. The molecule has 1 aromatic heterocycles. The molecule has 1 heterocycles. The lowest BCUT2D eigenvalue weighted by molar-refractivity contribution is 0.0415. The van der Waals surface area contributed by atoms with Gasteiger partial charge in [0.05, 0.1) is 29.7 Å². The minimum atomic E-state index is -0.118. The van der Waals surface area contributed by atoms with Crippen molar-refractivity contribution in [3.8, 4) is 0 Å². The van der Waals surface area contributed by atoms with E-state index in [4.69, 9.17) is 16.3 Å². The normalized spacial score (nSPS) is 21.7. The van der Waals surface area contributed by atoms with Crippen LogP contribution in [0.5, 0.6) is 0 Å². The van der Waals surface area contributed by atoms with Gasteiger partial charge in [-0.15, -0.1) is 11.6 Å². The molecule has 4 nitrogen and oxygen atoms in total. The van der Waals surface area contributed by atoms with E-state index in [1.54, 1.807) is 0 Å². The van der Waals surface area contributed by atoms with E-state index >= 15 is 0 Å². The van der Waals surface area contributed by atoms with Crippen LogP contribution < -0.4 is 5.56 Å². The second-order valence-electron chi connectivity index (χ2n) is 5.72. The van der Waals surface area contributed by atoms with E-state index in [2.05, 4.69) is 9.97 Å². The molecule has 1 N–H and O–H groups in total. The number of hydrogen-bond donors (Lipinski definition) is 1. The fourth-order valence-corrected chi connectivity index (χ4v) is 2.90. The Hall–Kier alpha value is -0.870. The van der Waals surface area contributed by atoms with Gasteiger partial charge in [-0.25, -0.2) is 4.98 Å². The van der Waals surface area contributed by atoms with Crippen molar-refractivity contribution < 1.29 is 4.74 Å². The summed E-state index contributed by atoms with van der Waals surface area (Å²) in [5.74, 6) is 1.03. The zero-order valence-corrected chi connectivity index (χ0v) is 11.7. The Bertz CT molecular complexity index is 504. The molecule has 0 atom stereocenters. The van der Waals surface area contributed by atoms with Crippen LogP contribution in [0.4, 0.5) is 0 Å². The smallest absolute Gasteiger partial charge is 0.251 e. The van der Waals surface area contributed by atoms with Crippen LogP contribution in [-0.4, -0.2) is 22.7 Å². The van der Waals surface area contributed by atoms with E-state index in [1.165, 1.54) is 31.7 Å². The van der Waals surface area contributed by atoms with Crippen LogP contribution in [0, 0.1) is 0 Å².